The molecular weight excluding hydrogens is 208 g/mol. The number of fused-ring (bicyclic) bond motifs is 1. The van der Waals surface area contributed by atoms with Crippen molar-refractivity contribution in [3.05, 3.63) is 22.4 Å². The molecule has 2 rings (SSSR count). The van der Waals surface area contributed by atoms with Gasteiger partial charge in [0.15, 0.2) is 0 Å². The van der Waals surface area contributed by atoms with Crippen LogP contribution in [0.2, 0.25) is 0 Å². The largest absolute Gasteiger partial charge is 0.323 e. The number of amides is 1. The van der Waals surface area contributed by atoms with Crippen molar-refractivity contribution in [2.24, 2.45) is 0 Å². The predicted molar refractivity (Wildman–Crippen MR) is 44.3 cm³/mol. The number of nitrogens with zero attached hydrogens (tertiary/aromatic N) is 1. The first-order valence-electron chi connectivity index (χ1n) is 3.20. The van der Waals surface area contributed by atoms with Gasteiger partial charge in [-0.1, -0.05) is 0 Å². The highest BCUT2D eigenvalue weighted by atomic mass is 79.9. The summed E-state index contributed by atoms with van der Waals surface area (Å²) in [7, 11) is 0. The van der Waals surface area contributed by atoms with E-state index < -0.39 is 0 Å². The monoisotopic (exact) mass is 212 g/mol. The first-order valence-corrected chi connectivity index (χ1v) is 4.00. The Balaban J connectivity index is 2.57. The second-order valence-electron chi connectivity index (χ2n) is 2.34. The molecule has 0 spiro atoms. The molecule has 1 aromatic rings. The highest BCUT2D eigenvalue weighted by Gasteiger charge is 2.20. The van der Waals surface area contributed by atoms with Gasteiger partial charge in [-0.15, -0.1) is 0 Å². The number of rotatable bonds is 0. The maximum absolute atomic E-state index is 10.9. The third-order valence-corrected chi connectivity index (χ3v) is 2.23. The van der Waals surface area contributed by atoms with Crippen LogP contribution in [0.1, 0.15) is 5.69 Å². The van der Waals surface area contributed by atoms with E-state index in [2.05, 4.69) is 26.2 Å². The molecule has 0 fully saturated rings. The highest BCUT2D eigenvalue weighted by molar-refractivity contribution is 9.10. The van der Waals surface area contributed by atoms with E-state index in [1.54, 1.807) is 6.20 Å². The summed E-state index contributed by atoms with van der Waals surface area (Å²) in [6.07, 6.45) is 2.08. The fourth-order valence-corrected chi connectivity index (χ4v) is 1.53. The number of hydrogen-bond acceptors (Lipinski definition) is 2. The molecular formula is C7H5BrN2O. The topological polar surface area (TPSA) is 42.0 Å². The summed E-state index contributed by atoms with van der Waals surface area (Å²) in [5, 5.41) is 2.72. The number of pyridine rings is 1. The van der Waals surface area contributed by atoms with Crippen LogP contribution in [0.15, 0.2) is 16.7 Å². The summed E-state index contributed by atoms with van der Waals surface area (Å²) in [6.45, 7) is 0. The van der Waals surface area contributed by atoms with Gasteiger partial charge in [0, 0.05) is 10.7 Å². The Bertz CT molecular complexity index is 324. The van der Waals surface area contributed by atoms with Crippen LogP contribution in [0.3, 0.4) is 0 Å². The van der Waals surface area contributed by atoms with Gasteiger partial charge in [0.25, 0.3) is 0 Å². The average molecular weight is 213 g/mol. The summed E-state index contributed by atoms with van der Waals surface area (Å²) in [6, 6.07) is 1.81. The summed E-state index contributed by atoms with van der Waals surface area (Å²) in [5.74, 6) is 0.0133. The molecule has 4 heteroatoms. The van der Waals surface area contributed by atoms with Crippen LogP contribution < -0.4 is 5.32 Å². The van der Waals surface area contributed by atoms with Crippen LogP contribution in [0.25, 0.3) is 0 Å². The molecule has 0 radical (unpaired) electrons. The molecule has 0 aromatic carbocycles. The van der Waals surface area contributed by atoms with E-state index in [9.17, 15) is 4.79 Å². The summed E-state index contributed by atoms with van der Waals surface area (Å²) < 4.78 is 0.897. The number of carbonyl (C=O) groups is 1. The molecule has 0 saturated heterocycles. The van der Waals surface area contributed by atoms with Gasteiger partial charge in [-0.2, -0.15) is 0 Å². The van der Waals surface area contributed by atoms with Gasteiger partial charge in [-0.3, -0.25) is 9.78 Å². The fourth-order valence-electron chi connectivity index (χ4n) is 1.08. The molecule has 1 N–H and O–H groups in total. The maximum Gasteiger partial charge on any atom is 0.230 e. The zero-order valence-corrected chi connectivity index (χ0v) is 7.18. The van der Waals surface area contributed by atoms with Gasteiger partial charge in [-0.25, -0.2) is 0 Å². The quantitative estimate of drug-likeness (QED) is 0.706. The minimum atomic E-state index is 0.0133. The van der Waals surface area contributed by atoms with E-state index in [4.69, 9.17) is 0 Å². The summed E-state index contributed by atoms with van der Waals surface area (Å²) >= 11 is 3.32. The van der Waals surface area contributed by atoms with Gasteiger partial charge in [0.1, 0.15) is 0 Å². The number of nitrogens with one attached hydrogen (secondary N) is 1. The maximum atomic E-state index is 10.9. The van der Waals surface area contributed by atoms with Gasteiger partial charge in [0.05, 0.1) is 17.8 Å². The highest BCUT2D eigenvalue weighted by Crippen LogP contribution is 2.28. The summed E-state index contributed by atoms with van der Waals surface area (Å²) in [5.41, 5.74) is 1.64. The van der Waals surface area contributed by atoms with Crippen molar-refractivity contribution < 1.29 is 4.79 Å². The Hall–Kier alpha value is -0.900. The van der Waals surface area contributed by atoms with Crippen molar-refractivity contribution in [2.75, 3.05) is 5.32 Å². The van der Waals surface area contributed by atoms with E-state index in [0.717, 1.165) is 15.9 Å². The van der Waals surface area contributed by atoms with E-state index in [-0.39, 0.29) is 5.91 Å². The zero-order chi connectivity index (χ0) is 7.84. The third-order valence-electron chi connectivity index (χ3n) is 1.57. The number of halogens is 1. The standard InChI is InChI=1S/C7H5BrN2O/c8-4-1-2-9-5-3-6(11)10-7(4)5/h1-2H,3H2,(H,10,11). The Morgan fingerprint density at radius 1 is 1.64 bits per heavy atom. The van der Waals surface area contributed by atoms with E-state index in [0.29, 0.717) is 6.42 Å². The van der Waals surface area contributed by atoms with E-state index in [1.165, 1.54) is 0 Å². The van der Waals surface area contributed by atoms with Gasteiger partial charge in [-0.05, 0) is 22.0 Å². The molecule has 0 aliphatic carbocycles. The first-order chi connectivity index (χ1) is 5.27. The second-order valence-corrected chi connectivity index (χ2v) is 3.19. The molecule has 0 bridgehead atoms. The minimum absolute atomic E-state index is 0.0133. The fraction of sp³-hybridized carbons (Fsp3) is 0.143. The lowest BCUT2D eigenvalue weighted by Gasteiger charge is -1.98. The number of hydrogen-bond donors (Lipinski definition) is 1. The van der Waals surface area contributed by atoms with Gasteiger partial charge in [0.2, 0.25) is 5.91 Å². The Morgan fingerprint density at radius 3 is 3.18 bits per heavy atom. The van der Waals surface area contributed by atoms with Crippen molar-refractivity contribution in [3.8, 4) is 0 Å². The third kappa shape index (κ3) is 1.03. The van der Waals surface area contributed by atoms with Crippen molar-refractivity contribution in [1.82, 2.24) is 4.98 Å². The molecule has 0 atom stereocenters. The predicted octanol–water partition coefficient (Wildman–Crippen LogP) is 1.34. The molecule has 1 amide bonds. The van der Waals surface area contributed by atoms with Crippen molar-refractivity contribution in [1.29, 1.82) is 0 Å². The zero-order valence-electron chi connectivity index (χ0n) is 5.60. The SMILES string of the molecule is O=C1Cc2nccc(Br)c2N1. The second kappa shape index (κ2) is 2.30. The Kier molecular flexibility index (Phi) is 1.42. The Labute approximate surface area is 72.0 Å². The molecule has 3 nitrogen and oxygen atoms in total. The lowest BCUT2D eigenvalue weighted by atomic mass is 10.3. The number of anilines is 1. The van der Waals surface area contributed by atoms with Crippen LogP contribution in [-0.4, -0.2) is 10.9 Å². The van der Waals surface area contributed by atoms with E-state index >= 15 is 0 Å². The van der Waals surface area contributed by atoms with Crippen LogP contribution in [0, 0.1) is 0 Å². The smallest absolute Gasteiger partial charge is 0.230 e. The molecule has 0 saturated carbocycles. The lowest BCUT2D eigenvalue weighted by Crippen LogP contribution is -2.03. The van der Waals surface area contributed by atoms with E-state index in [1.807, 2.05) is 6.07 Å². The molecule has 0 unspecified atom stereocenters. The van der Waals surface area contributed by atoms with Crippen molar-refractivity contribution in [3.63, 3.8) is 0 Å². The minimum Gasteiger partial charge on any atom is -0.323 e. The van der Waals surface area contributed by atoms with Crippen LogP contribution in [-0.2, 0) is 11.2 Å². The van der Waals surface area contributed by atoms with Gasteiger partial charge >= 0.3 is 0 Å². The van der Waals surface area contributed by atoms with Crippen LogP contribution in [0.5, 0.6) is 0 Å². The van der Waals surface area contributed by atoms with Crippen molar-refractivity contribution in [2.45, 2.75) is 6.42 Å². The first kappa shape index (κ1) is 6.79. The normalized spacial score (nSPS) is 14.5. The number of carbonyl (C=O) groups excluding carboxylic acids is 1. The van der Waals surface area contributed by atoms with Crippen LogP contribution in [0.4, 0.5) is 5.69 Å². The molecule has 1 aliphatic heterocycles. The Morgan fingerprint density at radius 2 is 2.45 bits per heavy atom. The van der Waals surface area contributed by atoms with Crippen molar-refractivity contribution >= 4 is 27.5 Å². The average Bonchev–Trinajstić information content (AvgIpc) is 2.31. The molecule has 1 aromatic heterocycles. The molecule has 1 aliphatic rings. The van der Waals surface area contributed by atoms with Gasteiger partial charge < -0.3 is 5.32 Å². The summed E-state index contributed by atoms with van der Waals surface area (Å²) in [4.78, 5) is 14.9. The molecule has 2 heterocycles. The lowest BCUT2D eigenvalue weighted by molar-refractivity contribution is -0.115. The molecule has 56 valence electrons. The number of aromatic nitrogens is 1. The van der Waals surface area contributed by atoms with Crippen LogP contribution >= 0.6 is 15.9 Å². The molecule has 11 heavy (non-hydrogen) atoms.